The molecule has 1 unspecified atom stereocenters. The zero-order valence-corrected chi connectivity index (χ0v) is 19.0. The molecule has 3 aromatic rings. The first kappa shape index (κ1) is 21.5. The third kappa shape index (κ3) is 4.31. The fourth-order valence-electron chi connectivity index (χ4n) is 4.63. The molecule has 0 aromatic carbocycles. The number of nitrogens with one attached hydrogen (secondary N) is 2. The van der Waals surface area contributed by atoms with Gasteiger partial charge in [-0.05, 0) is 31.2 Å². The summed E-state index contributed by atoms with van der Waals surface area (Å²) in [5, 5.41) is 4.29. The van der Waals surface area contributed by atoms with Crippen molar-refractivity contribution >= 4 is 38.5 Å². The van der Waals surface area contributed by atoms with Crippen LogP contribution in [0.3, 0.4) is 0 Å². The van der Waals surface area contributed by atoms with Crippen LogP contribution in [-0.2, 0) is 10.0 Å². The summed E-state index contributed by atoms with van der Waals surface area (Å²) in [6.07, 6.45) is 9.14. The fourth-order valence-corrected chi connectivity index (χ4v) is 6.72. The van der Waals surface area contributed by atoms with Gasteiger partial charge in [-0.3, -0.25) is 0 Å². The number of nitrogens with zero attached hydrogens (tertiary/aromatic N) is 4. The van der Waals surface area contributed by atoms with Crippen molar-refractivity contribution < 1.29 is 12.8 Å². The first-order chi connectivity index (χ1) is 15.4. The smallest absolute Gasteiger partial charge is 0.214 e. The van der Waals surface area contributed by atoms with Crippen LogP contribution in [0.2, 0.25) is 5.02 Å². The van der Waals surface area contributed by atoms with Gasteiger partial charge in [0.05, 0.1) is 17.0 Å². The third-order valence-electron chi connectivity index (χ3n) is 6.29. The standard InChI is InChI=1S/C21H24ClFN6O2S/c22-14-7-16-17(9-25-19(16)24-8-14)20-26-10-18(23)21(28-20)27-15-5-6-29(11-15)32(30,31)12-13-3-1-2-4-13/h7-10,13,15H,1-6,11-12H2,(H,24,25)(H,26,27,28). The van der Waals surface area contributed by atoms with Crippen LogP contribution in [0.25, 0.3) is 22.4 Å². The highest BCUT2D eigenvalue weighted by Crippen LogP contribution is 2.30. The van der Waals surface area contributed by atoms with Crippen molar-refractivity contribution in [3.8, 4) is 11.4 Å². The highest BCUT2D eigenvalue weighted by atomic mass is 35.5. The molecule has 4 heterocycles. The van der Waals surface area contributed by atoms with Crippen LogP contribution in [0.5, 0.6) is 0 Å². The molecule has 2 fully saturated rings. The normalized spacial score (nSPS) is 20.4. The summed E-state index contributed by atoms with van der Waals surface area (Å²) >= 11 is 6.07. The molecule has 0 spiro atoms. The minimum atomic E-state index is -3.31. The number of pyridine rings is 1. The van der Waals surface area contributed by atoms with E-state index in [1.807, 2.05) is 0 Å². The Morgan fingerprint density at radius 3 is 2.84 bits per heavy atom. The Bertz CT molecular complexity index is 1240. The first-order valence-electron chi connectivity index (χ1n) is 10.8. The summed E-state index contributed by atoms with van der Waals surface area (Å²) in [6.45, 7) is 0.735. The number of rotatable bonds is 6. The van der Waals surface area contributed by atoms with Crippen molar-refractivity contribution in [2.24, 2.45) is 5.92 Å². The van der Waals surface area contributed by atoms with E-state index in [9.17, 15) is 12.8 Å². The maximum atomic E-state index is 14.5. The highest BCUT2D eigenvalue weighted by Gasteiger charge is 2.34. The second kappa shape index (κ2) is 8.57. The second-order valence-corrected chi connectivity index (χ2v) is 11.0. The number of fused-ring (bicyclic) bond motifs is 1. The number of H-pyrrole nitrogens is 1. The highest BCUT2D eigenvalue weighted by molar-refractivity contribution is 7.89. The van der Waals surface area contributed by atoms with Crippen molar-refractivity contribution in [2.75, 3.05) is 24.2 Å². The van der Waals surface area contributed by atoms with Crippen molar-refractivity contribution in [1.82, 2.24) is 24.2 Å². The Morgan fingerprint density at radius 1 is 1.22 bits per heavy atom. The molecular weight excluding hydrogens is 455 g/mol. The van der Waals surface area contributed by atoms with Gasteiger partial charge < -0.3 is 10.3 Å². The van der Waals surface area contributed by atoms with E-state index in [-0.39, 0.29) is 23.5 Å². The van der Waals surface area contributed by atoms with Gasteiger partial charge in [0.25, 0.3) is 0 Å². The largest absolute Gasteiger partial charge is 0.363 e. The van der Waals surface area contributed by atoms with Gasteiger partial charge in [0.15, 0.2) is 17.5 Å². The van der Waals surface area contributed by atoms with Crippen molar-refractivity contribution in [2.45, 2.75) is 38.1 Å². The van der Waals surface area contributed by atoms with E-state index < -0.39 is 15.8 Å². The van der Waals surface area contributed by atoms with Gasteiger partial charge in [-0.2, -0.15) is 4.31 Å². The Kier molecular flexibility index (Phi) is 5.77. The quantitative estimate of drug-likeness (QED) is 0.558. The maximum Gasteiger partial charge on any atom is 0.214 e. The van der Waals surface area contributed by atoms with Crippen LogP contribution in [0.4, 0.5) is 10.2 Å². The second-order valence-electron chi connectivity index (χ2n) is 8.56. The lowest BCUT2D eigenvalue weighted by molar-refractivity contribution is 0.460. The van der Waals surface area contributed by atoms with Crippen molar-refractivity contribution in [3.05, 3.63) is 35.5 Å². The van der Waals surface area contributed by atoms with Crippen molar-refractivity contribution in [3.63, 3.8) is 0 Å². The molecular formula is C21H24ClFN6O2S. The van der Waals surface area contributed by atoms with Crippen LogP contribution in [0, 0.1) is 11.7 Å². The van der Waals surface area contributed by atoms with E-state index in [1.165, 1.54) is 10.5 Å². The lowest BCUT2D eigenvalue weighted by atomic mass is 10.1. The minimum Gasteiger partial charge on any atom is -0.363 e. The van der Waals surface area contributed by atoms with Crippen LogP contribution in [0.15, 0.2) is 24.7 Å². The lowest BCUT2D eigenvalue weighted by Gasteiger charge is -2.19. The van der Waals surface area contributed by atoms with Gasteiger partial charge >= 0.3 is 0 Å². The van der Waals surface area contributed by atoms with Crippen LogP contribution in [-0.4, -0.2) is 57.5 Å². The zero-order chi connectivity index (χ0) is 22.3. The van der Waals surface area contributed by atoms with Crippen LogP contribution >= 0.6 is 11.6 Å². The van der Waals surface area contributed by atoms with Gasteiger partial charge in [-0.15, -0.1) is 0 Å². The monoisotopic (exact) mass is 478 g/mol. The first-order valence-corrected chi connectivity index (χ1v) is 12.8. The number of hydrogen-bond acceptors (Lipinski definition) is 6. The molecule has 1 aliphatic carbocycles. The van der Waals surface area contributed by atoms with Gasteiger partial charge in [0.2, 0.25) is 10.0 Å². The fraction of sp³-hybridized carbons (Fsp3) is 0.476. The lowest BCUT2D eigenvalue weighted by Crippen LogP contribution is -2.35. The van der Waals surface area contributed by atoms with E-state index in [0.717, 1.165) is 37.3 Å². The van der Waals surface area contributed by atoms with E-state index >= 15 is 0 Å². The Morgan fingerprint density at radius 2 is 2.03 bits per heavy atom. The van der Waals surface area contributed by atoms with E-state index in [2.05, 4.69) is 25.3 Å². The molecule has 8 nitrogen and oxygen atoms in total. The molecule has 2 N–H and O–H groups in total. The molecule has 1 aliphatic heterocycles. The van der Waals surface area contributed by atoms with Gasteiger partial charge in [0, 0.05) is 42.5 Å². The molecule has 170 valence electrons. The minimum absolute atomic E-state index is 0.0550. The predicted octanol–water partition coefficient (Wildman–Crippen LogP) is 3.82. The third-order valence-corrected chi connectivity index (χ3v) is 8.51. The number of sulfonamides is 1. The Balaban J connectivity index is 1.32. The van der Waals surface area contributed by atoms with Crippen molar-refractivity contribution in [1.29, 1.82) is 0 Å². The zero-order valence-electron chi connectivity index (χ0n) is 17.4. The Labute approximate surface area is 190 Å². The molecule has 1 saturated heterocycles. The number of aromatic amines is 1. The summed E-state index contributed by atoms with van der Waals surface area (Å²) in [5.41, 5.74) is 1.29. The average molecular weight is 479 g/mol. The molecule has 1 atom stereocenters. The van der Waals surface area contributed by atoms with E-state index in [4.69, 9.17) is 11.6 Å². The maximum absolute atomic E-state index is 14.5. The molecule has 11 heteroatoms. The Hall–Kier alpha value is -2.30. The number of hydrogen-bond donors (Lipinski definition) is 2. The van der Waals surface area contributed by atoms with Gasteiger partial charge in [-0.1, -0.05) is 24.4 Å². The molecule has 0 radical (unpaired) electrons. The summed E-state index contributed by atoms with van der Waals surface area (Å²) in [5.74, 6) is 0.264. The molecule has 32 heavy (non-hydrogen) atoms. The van der Waals surface area contributed by atoms with Gasteiger partial charge in [0.1, 0.15) is 5.65 Å². The van der Waals surface area contributed by atoms with E-state index in [1.54, 1.807) is 12.3 Å². The SMILES string of the molecule is O=S(=O)(CC1CCCC1)N1CCC(Nc2nc(-c3c[nH]c4ncc(Cl)cc34)ncc2F)C1. The molecule has 3 aromatic heterocycles. The summed E-state index contributed by atoms with van der Waals surface area (Å²) in [4.78, 5) is 15.8. The van der Waals surface area contributed by atoms with Crippen LogP contribution in [0.1, 0.15) is 32.1 Å². The van der Waals surface area contributed by atoms with Crippen LogP contribution < -0.4 is 5.32 Å². The van der Waals surface area contributed by atoms with E-state index in [0.29, 0.717) is 41.6 Å². The molecule has 2 aliphatic rings. The molecule has 5 rings (SSSR count). The summed E-state index contributed by atoms with van der Waals surface area (Å²) in [6, 6.07) is 1.53. The number of anilines is 1. The molecule has 1 saturated carbocycles. The predicted molar refractivity (Wildman–Crippen MR) is 121 cm³/mol. The number of aromatic nitrogens is 4. The molecule has 0 bridgehead atoms. The number of halogens is 2. The topological polar surface area (TPSA) is 104 Å². The van der Waals surface area contributed by atoms with Gasteiger partial charge in [-0.25, -0.2) is 27.8 Å². The molecule has 0 amide bonds. The summed E-state index contributed by atoms with van der Waals surface area (Å²) < 4.78 is 41.6. The average Bonchev–Trinajstić information content (AvgIpc) is 3.50. The summed E-state index contributed by atoms with van der Waals surface area (Å²) in [7, 11) is -3.31.